The van der Waals surface area contributed by atoms with E-state index in [0.717, 1.165) is 26.6 Å². The van der Waals surface area contributed by atoms with Crippen LogP contribution in [0.25, 0.3) is 22.3 Å². The van der Waals surface area contributed by atoms with Crippen LogP contribution in [0, 0.1) is 6.92 Å². The number of carbonyl (C=O) groups excluding carboxylic acids is 2. The Hall–Kier alpha value is -5.37. The molecular weight excluding hydrogens is 578 g/mol. The lowest BCUT2D eigenvalue weighted by molar-refractivity contribution is -0.119. The summed E-state index contributed by atoms with van der Waals surface area (Å²) < 4.78 is 3.63. The van der Waals surface area contributed by atoms with Gasteiger partial charge in [0.25, 0.3) is 0 Å². The second-order valence-corrected chi connectivity index (χ2v) is 11.5. The predicted octanol–water partition coefficient (Wildman–Crippen LogP) is 3.65. The molecule has 0 bridgehead atoms. The van der Waals surface area contributed by atoms with Crippen LogP contribution in [-0.4, -0.2) is 56.8 Å². The number of nitrogen functional groups attached to an aromatic ring is 2. The van der Waals surface area contributed by atoms with Gasteiger partial charge in [-0.25, -0.2) is 29.9 Å². The fraction of sp³-hybridized carbons (Fsp3) is 0.233. The quantitative estimate of drug-likeness (QED) is 0.194. The van der Waals surface area contributed by atoms with E-state index in [1.807, 2.05) is 46.4 Å². The van der Waals surface area contributed by atoms with Crippen LogP contribution in [0.1, 0.15) is 33.7 Å². The van der Waals surface area contributed by atoms with Crippen LogP contribution in [0.5, 0.6) is 0 Å². The highest BCUT2D eigenvalue weighted by atomic mass is 32.1. The fourth-order valence-electron chi connectivity index (χ4n) is 4.85. The number of carbonyl (C=O) groups is 2. The molecule has 0 amide bonds. The summed E-state index contributed by atoms with van der Waals surface area (Å²) in [6.45, 7) is 2.92. The predicted molar refractivity (Wildman–Crippen MR) is 169 cm³/mol. The maximum atomic E-state index is 12.7. The number of fused-ring (bicyclic) bond motifs is 2. The molecule has 0 aliphatic heterocycles. The second-order valence-electron chi connectivity index (χ2n) is 10.3. The molecule has 1 aromatic carbocycles. The molecule has 44 heavy (non-hydrogen) atoms. The monoisotopic (exact) mass is 607 g/mol. The molecule has 13 nitrogen and oxygen atoms in total. The lowest BCUT2D eigenvalue weighted by Crippen LogP contribution is -2.09. The van der Waals surface area contributed by atoms with Crippen molar-refractivity contribution in [3.8, 4) is 0 Å². The zero-order valence-electron chi connectivity index (χ0n) is 23.9. The van der Waals surface area contributed by atoms with Crippen molar-refractivity contribution in [2.75, 3.05) is 11.5 Å². The lowest BCUT2D eigenvalue weighted by atomic mass is 10.0. The first-order chi connectivity index (χ1) is 21.3. The Morgan fingerprint density at radius 1 is 0.818 bits per heavy atom. The summed E-state index contributed by atoms with van der Waals surface area (Å²) in [6.07, 6.45) is 9.24. The van der Waals surface area contributed by atoms with E-state index in [-0.39, 0.29) is 11.6 Å². The van der Waals surface area contributed by atoms with Crippen LogP contribution in [0.3, 0.4) is 0 Å². The first kappa shape index (κ1) is 28.7. The number of anilines is 2. The molecule has 222 valence electrons. The minimum atomic E-state index is 0.117. The minimum Gasteiger partial charge on any atom is -0.382 e. The largest absolute Gasteiger partial charge is 0.382 e. The molecule has 0 radical (unpaired) electrons. The number of aliphatic imine (C=N–C) groups is 1. The van der Waals surface area contributed by atoms with Gasteiger partial charge < -0.3 is 20.6 Å². The van der Waals surface area contributed by atoms with Crippen molar-refractivity contribution in [1.29, 1.82) is 0 Å². The highest BCUT2D eigenvalue weighted by Gasteiger charge is 2.13. The molecule has 6 aromatic rings. The van der Waals surface area contributed by atoms with Gasteiger partial charge in [0.15, 0.2) is 22.9 Å². The van der Waals surface area contributed by atoms with Crippen molar-refractivity contribution in [2.24, 2.45) is 4.99 Å². The molecule has 14 heteroatoms. The van der Waals surface area contributed by atoms with Crippen LogP contribution >= 0.6 is 11.3 Å². The van der Waals surface area contributed by atoms with E-state index in [0.29, 0.717) is 72.7 Å². The molecule has 0 saturated heterocycles. The first-order valence-corrected chi connectivity index (χ1v) is 14.7. The summed E-state index contributed by atoms with van der Waals surface area (Å²) in [4.78, 5) is 56.8. The topological polar surface area (TPSA) is 186 Å². The van der Waals surface area contributed by atoms with Crippen molar-refractivity contribution in [1.82, 2.24) is 39.0 Å². The van der Waals surface area contributed by atoms with Crippen LogP contribution in [-0.2, 0) is 35.5 Å². The highest BCUT2D eigenvalue weighted by Crippen LogP contribution is 2.22. The Balaban J connectivity index is 0.995. The van der Waals surface area contributed by atoms with Gasteiger partial charge in [-0.15, -0.1) is 11.3 Å². The van der Waals surface area contributed by atoms with Gasteiger partial charge >= 0.3 is 0 Å². The molecule has 5 aromatic heterocycles. The molecule has 6 rings (SSSR count). The van der Waals surface area contributed by atoms with Gasteiger partial charge in [-0.3, -0.25) is 14.6 Å². The molecule has 0 spiro atoms. The van der Waals surface area contributed by atoms with Crippen LogP contribution in [0.4, 0.5) is 17.3 Å². The van der Waals surface area contributed by atoms with Crippen molar-refractivity contribution < 1.29 is 9.59 Å². The number of benzene rings is 1. The number of nitrogens with zero attached hydrogens (tertiary/aromatic N) is 9. The average Bonchev–Trinajstić information content (AvgIpc) is 3.75. The number of aryl methyl sites for hydroxylation is 3. The van der Waals surface area contributed by atoms with Crippen LogP contribution in [0.15, 0.2) is 60.6 Å². The molecule has 0 saturated carbocycles. The van der Waals surface area contributed by atoms with Gasteiger partial charge in [-0.2, -0.15) is 0 Å². The van der Waals surface area contributed by atoms with Crippen molar-refractivity contribution in [3.63, 3.8) is 0 Å². The molecule has 0 atom stereocenters. The Morgan fingerprint density at radius 3 is 2.05 bits per heavy atom. The molecule has 4 N–H and O–H groups in total. The van der Waals surface area contributed by atoms with E-state index in [4.69, 9.17) is 11.5 Å². The number of ketones is 2. The maximum Gasteiger partial charge on any atom is 0.165 e. The average molecular weight is 608 g/mol. The van der Waals surface area contributed by atoms with E-state index >= 15 is 0 Å². The maximum absolute atomic E-state index is 12.7. The Morgan fingerprint density at radius 2 is 1.43 bits per heavy atom. The summed E-state index contributed by atoms with van der Waals surface area (Å²) in [5.74, 6) is 0.884. The van der Waals surface area contributed by atoms with E-state index in [2.05, 4.69) is 34.9 Å². The Kier molecular flexibility index (Phi) is 8.14. The first-order valence-electron chi connectivity index (χ1n) is 13.9. The van der Waals surface area contributed by atoms with E-state index in [1.165, 1.54) is 24.0 Å². The Labute approximate surface area is 255 Å². The SMILES string of the molecule is Cc1cc(N=Cc2ccc(CC(=O)CCn3cnc4c(N)ncnc43)s2)ccc1CC(=O)CCn1cnc2c(N)ncnc21. The van der Waals surface area contributed by atoms with Gasteiger partial charge in [0.2, 0.25) is 0 Å². The highest BCUT2D eigenvalue weighted by molar-refractivity contribution is 7.13. The minimum absolute atomic E-state index is 0.117. The van der Waals surface area contributed by atoms with Crippen molar-refractivity contribution >= 4 is 68.8 Å². The smallest absolute Gasteiger partial charge is 0.165 e. The molecule has 5 heterocycles. The van der Waals surface area contributed by atoms with Gasteiger partial charge in [0, 0.05) is 54.7 Å². The summed E-state index contributed by atoms with van der Waals surface area (Å²) in [5.41, 5.74) is 16.8. The summed E-state index contributed by atoms with van der Waals surface area (Å²) >= 11 is 1.54. The number of imidazole rings is 2. The number of rotatable bonds is 12. The third kappa shape index (κ3) is 6.34. The van der Waals surface area contributed by atoms with E-state index in [9.17, 15) is 9.59 Å². The standard InChI is InChI=1S/C30H29N11O2S/c1-18-10-20(3-2-19(18)11-21(42)6-8-40-16-38-25-27(31)34-14-36-29(25)40)33-13-24-5-4-23(44-24)12-22(43)7-9-41-17-39-26-28(32)35-15-37-30(26)41/h2-5,10,13-17H,6-9,11-12H2,1H3,(H2,31,34,36)(H2,32,35,37). The zero-order chi connectivity index (χ0) is 30.6. The summed E-state index contributed by atoms with van der Waals surface area (Å²) in [7, 11) is 0. The number of hydrogen-bond donors (Lipinski definition) is 2. The number of Topliss-reactive ketones (excluding diaryl/α,β-unsaturated/α-hetero) is 2. The lowest BCUT2D eigenvalue weighted by Gasteiger charge is -2.07. The van der Waals surface area contributed by atoms with Crippen LogP contribution in [0.2, 0.25) is 0 Å². The number of aromatic nitrogens is 8. The Bertz CT molecular complexity index is 2020. The third-order valence-corrected chi connectivity index (χ3v) is 8.25. The molecule has 0 unspecified atom stereocenters. The van der Waals surface area contributed by atoms with Gasteiger partial charge in [-0.1, -0.05) is 6.07 Å². The number of hydrogen-bond acceptors (Lipinski definition) is 12. The van der Waals surface area contributed by atoms with Crippen molar-refractivity contribution in [3.05, 3.63) is 76.5 Å². The second kappa shape index (κ2) is 12.5. The number of thiophene rings is 1. The summed E-state index contributed by atoms with van der Waals surface area (Å²) in [6, 6.07) is 9.75. The molecule has 0 aliphatic rings. The van der Waals surface area contributed by atoms with Gasteiger partial charge in [0.05, 0.1) is 18.3 Å². The van der Waals surface area contributed by atoms with E-state index in [1.54, 1.807) is 18.9 Å². The van der Waals surface area contributed by atoms with Gasteiger partial charge in [-0.05, 0) is 42.3 Å². The van der Waals surface area contributed by atoms with Crippen LogP contribution < -0.4 is 11.5 Å². The number of nitrogens with two attached hydrogens (primary N) is 2. The summed E-state index contributed by atoms with van der Waals surface area (Å²) in [5, 5.41) is 0. The van der Waals surface area contributed by atoms with Crippen molar-refractivity contribution in [2.45, 2.75) is 45.7 Å². The molecule has 0 fully saturated rings. The fourth-order valence-corrected chi connectivity index (χ4v) is 5.77. The molecular formula is C30H29N11O2S. The van der Waals surface area contributed by atoms with Gasteiger partial charge in [0.1, 0.15) is 35.3 Å². The zero-order valence-corrected chi connectivity index (χ0v) is 24.7. The normalized spacial score (nSPS) is 11.7. The third-order valence-electron chi connectivity index (χ3n) is 7.23. The van der Waals surface area contributed by atoms with E-state index < -0.39 is 0 Å². The molecule has 0 aliphatic carbocycles.